The second-order valence-electron chi connectivity index (χ2n) is 10.1. The number of carbonyl (C=O) groups is 1. The van der Waals surface area contributed by atoms with E-state index in [-0.39, 0.29) is 5.97 Å². The van der Waals surface area contributed by atoms with Crippen LogP contribution in [-0.4, -0.2) is 5.97 Å². The van der Waals surface area contributed by atoms with Crippen LogP contribution in [0.1, 0.15) is 149 Å². The Morgan fingerprint density at radius 1 is 0.621 bits per heavy atom. The molecular weight excluding hydrogens is 356 g/mol. The average Bonchev–Trinajstić information content (AvgIpc) is 2.65. The van der Waals surface area contributed by atoms with E-state index in [4.69, 9.17) is 4.74 Å². The number of hydrogen-bond donors (Lipinski definition) is 0. The van der Waals surface area contributed by atoms with Crippen LogP contribution in [0.4, 0.5) is 0 Å². The molecule has 0 amide bonds. The van der Waals surface area contributed by atoms with Crippen molar-refractivity contribution in [1.82, 2.24) is 0 Å². The molecule has 0 unspecified atom stereocenters. The number of carbonyl (C=O) groups excluding carboxylic acids is 1. The van der Waals surface area contributed by atoms with Gasteiger partial charge in [0, 0.05) is 6.42 Å². The molecule has 0 fully saturated rings. The van der Waals surface area contributed by atoms with Crippen molar-refractivity contribution in [3.05, 3.63) is 12.8 Å². The first-order valence-corrected chi connectivity index (χ1v) is 12.8. The largest absolute Gasteiger partial charge is 0.435 e. The lowest BCUT2D eigenvalue weighted by atomic mass is 9.89. The molecule has 0 aliphatic heterocycles. The van der Waals surface area contributed by atoms with E-state index >= 15 is 0 Å². The maximum atomic E-state index is 11.2. The van der Waals surface area contributed by atoms with Gasteiger partial charge in [0.1, 0.15) is 0 Å². The van der Waals surface area contributed by atoms with Crippen LogP contribution in [0, 0.1) is 5.41 Å². The van der Waals surface area contributed by atoms with E-state index in [1.165, 1.54) is 115 Å². The first-order chi connectivity index (χ1) is 14.0. The minimum Gasteiger partial charge on any atom is -0.435 e. The van der Waals surface area contributed by atoms with E-state index in [1.807, 2.05) is 0 Å². The van der Waals surface area contributed by atoms with E-state index in [1.54, 1.807) is 0 Å². The zero-order chi connectivity index (χ0) is 21.6. The highest BCUT2D eigenvalue weighted by Gasteiger charge is 2.08. The van der Waals surface area contributed by atoms with Gasteiger partial charge in [-0.25, -0.2) is 0 Å². The molecule has 0 saturated carbocycles. The van der Waals surface area contributed by atoms with Crippen LogP contribution in [-0.2, 0) is 9.53 Å². The molecule has 0 aromatic carbocycles. The average molecular weight is 409 g/mol. The molecule has 29 heavy (non-hydrogen) atoms. The fraction of sp³-hybridized carbons (Fsp3) is 0.889. The first kappa shape index (κ1) is 28.2. The summed E-state index contributed by atoms with van der Waals surface area (Å²) in [5.74, 6) is -0.147. The Labute approximate surface area is 183 Å². The van der Waals surface area contributed by atoms with Gasteiger partial charge in [-0.3, -0.25) is 4.79 Å². The van der Waals surface area contributed by atoms with Crippen molar-refractivity contribution in [2.24, 2.45) is 5.41 Å². The molecule has 172 valence electrons. The lowest BCUT2D eigenvalue weighted by molar-refractivity contribution is -0.138. The second-order valence-corrected chi connectivity index (χ2v) is 10.1. The molecule has 0 aromatic heterocycles. The van der Waals surface area contributed by atoms with Crippen molar-refractivity contribution < 1.29 is 9.53 Å². The number of unbranched alkanes of at least 4 members (excludes halogenated alkanes) is 17. The summed E-state index contributed by atoms with van der Waals surface area (Å²) in [4.78, 5) is 11.2. The highest BCUT2D eigenvalue weighted by Crippen LogP contribution is 2.22. The minimum absolute atomic E-state index is 0.147. The molecule has 0 heterocycles. The minimum atomic E-state index is -0.147. The maximum Gasteiger partial charge on any atom is 0.310 e. The molecule has 0 aliphatic carbocycles. The normalized spacial score (nSPS) is 11.6. The third kappa shape index (κ3) is 25.2. The topological polar surface area (TPSA) is 26.3 Å². The molecule has 2 nitrogen and oxygen atoms in total. The van der Waals surface area contributed by atoms with Gasteiger partial charge in [-0.1, -0.05) is 137 Å². The molecule has 0 N–H and O–H groups in total. The molecule has 0 spiro atoms. The summed E-state index contributed by atoms with van der Waals surface area (Å²) in [5.41, 5.74) is 0.518. The van der Waals surface area contributed by atoms with Gasteiger partial charge in [-0.05, 0) is 18.3 Å². The summed E-state index contributed by atoms with van der Waals surface area (Å²) < 4.78 is 4.71. The molecule has 0 aromatic rings. The molecule has 0 rings (SSSR count). The Balaban J connectivity index is 3.08. The van der Waals surface area contributed by atoms with Crippen molar-refractivity contribution in [3.8, 4) is 0 Å². The van der Waals surface area contributed by atoms with E-state index in [0.717, 1.165) is 12.8 Å². The summed E-state index contributed by atoms with van der Waals surface area (Å²) in [6.45, 7) is 10.4. The van der Waals surface area contributed by atoms with Crippen LogP contribution < -0.4 is 0 Å². The summed E-state index contributed by atoms with van der Waals surface area (Å²) in [5, 5.41) is 0. The van der Waals surface area contributed by atoms with Gasteiger partial charge in [0.05, 0.1) is 6.26 Å². The summed E-state index contributed by atoms with van der Waals surface area (Å²) >= 11 is 0. The Kier molecular flexibility index (Phi) is 19.9. The lowest BCUT2D eigenvalue weighted by Gasteiger charge is -2.17. The number of esters is 1. The SMILES string of the molecule is C=COC(=O)CCCCCCCCCCCCCCCCCCCCC(C)(C)C. The number of rotatable bonds is 21. The van der Waals surface area contributed by atoms with Crippen LogP contribution in [0.3, 0.4) is 0 Å². The molecule has 0 aliphatic rings. The van der Waals surface area contributed by atoms with Gasteiger partial charge in [0.15, 0.2) is 0 Å². The van der Waals surface area contributed by atoms with Gasteiger partial charge < -0.3 is 4.74 Å². The van der Waals surface area contributed by atoms with Crippen LogP contribution >= 0.6 is 0 Å². The van der Waals surface area contributed by atoms with Crippen LogP contribution in [0.25, 0.3) is 0 Å². The van der Waals surface area contributed by atoms with Crippen molar-refractivity contribution in [3.63, 3.8) is 0 Å². The van der Waals surface area contributed by atoms with E-state index in [0.29, 0.717) is 11.8 Å². The maximum absolute atomic E-state index is 11.2. The van der Waals surface area contributed by atoms with Gasteiger partial charge in [-0.15, -0.1) is 0 Å². The summed E-state index contributed by atoms with van der Waals surface area (Å²) in [6, 6.07) is 0. The predicted octanol–water partition coefficient (Wildman–Crippen LogP) is 9.52. The van der Waals surface area contributed by atoms with Crippen molar-refractivity contribution in [1.29, 1.82) is 0 Å². The van der Waals surface area contributed by atoms with Gasteiger partial charge in [-0.2, -0.15) is 0 Å². The fourth-order valence-corrected chi connectivity index (χ4v) is 3.90. The number of ether oxygens (including phenoxy) is 1. The Morgan fingerprint density at radius 2 is 0.931 bits per heavy atom. The molecule has 0 atom stereocenters. The summed E-state index contributed by atoms with van der Waals surface area (Å²) in [7, 11) is 0. The van der Waals surface area contributed by atoms with Gasteiger partial charge >= 0.3 is 5.97 Å². The Hall–Kier alpha value is -0.790. The van der Waals surface area contributed by atoms with Crippen LogP contribution in [0.15, 0.2) is 12.8 Å². The monoisotopic (exact) mass is 408 g/mol. The third-order valence-electron chi connectivity index (χ3n) is 5.77. The second kappa shape index (κ2) is 20.5. The number of hydrogen-bond acceptors (Lipinski definition) is 2. The molecule has 0 saturated heterocycles. The third-order valence-corrected chi connectivity index (χ3v) is 5.77. The Morgan fingerprint density at radius 3 is 1.24 bits per heavy atom. The highest BCUT2D eigenvalue weighted by molar-refractivity contribution is 5.69. The van der Waals surface area contributed by atoms with Gasteiger partial charge in [0.25, 0.3) is 0 Å². The van der Waals surface area contributed by atoms with Crippen LogP contribution in [0.2, 0.25) is 0 Å². The molecular formula is C27H52O2. The Bertz CT molecular complexity index is 367. The molecule has 0 bridgehead atoms. The van der Waals surface area contributed by atoms with E-state index in [9.17, 15) is 4.79 Å². The summed E-state index contributed by atoms with van der Waals surface area (Å²) in [6.07, 6.45) is 27.7. The van der Waals surface area contributed by atoms with E-state index in [2.05, 4.69) is 27.4 Å². The molecule has 2 heteroatoms. The zero-order valence-electron chi connectivity index (χ0n) is 20.2. The lowest BCUT2D eigenvalue weighted by Crippen LogP contribution is -2.03. The molecule has 0 radical (unpaired) electrons. The van der Waals surface area contributed by atoms with Gasteiger partial charge in [0.2, 0.25) is 0 Å². The van der Waals surface area contributed by atoms with Crippen molar-refractivity contribution in [2.75, 3.05) is 0 Å². The smallest absolute Gasteiger partial charge is 0.310 e. The standard InChI is InChI=1S/C27H52O2/c1-5-29-26(28)24-22-20-18-16-14-12-10-8-6-7-9-11-13-15-17-19-21-23-25-27(2,3)4/h5H,1,6-25H2,2-4H3. The zero-order valence-corrected chi connectivity index (χ0v) is 20.2. The predicted molar refractivity (Wildman–Crippen MR) is 128 cm³/mol. The van der Waals surface area contributed by atoms with Crippen molar-refractivity contribution >= 4 is 5.97 Å². The van der Waals surface area contributed by atoms with E-state index < -0.39 is 0 Å². The highest BCUT2D eigenvalue weighted by atomic mass is 16.5. The van der Waals surface area contributed by atoms with Crippen LogP contribution in [0.5, 0.6) is 0 Å². The quantitative estimate of drug-likeness (QED) is 0.107. The first-order valence-electron chi connectivity index (χ1n) is 12.8. The van der Waals surface area contributed by atoms with Crippen molar-refractivity contribution in [2.45, 2.75) is 149 Å². The fourth-order valence-electron chi connectivity index (χ4n) is 3.90.